The number of rotatable bonds is 6. The molecule has 2 rings (SSSR count). The second-order valence-corrected chi connectivity index (χ2v) is 7.15. The lowest BCUT2D eigenvalue weighted by atomic mass is 10.4. The molecule has 0 saturated heterocycles. The monoisotopic (exact) mass is 309 g/mol. The first-order chi connectivity index (χ1) is 9.89. The Balaban J connectivity index is 2.10. The highest BCUT2D eigenvalue weighted by molar-refractivity contribution is 7.89. The largest absolute Gasteiger partial charge is 0.481 e. The fraction of sp³-hybridized carbons (Fsp3) is 0.429. The molecule has 114 valence electrons. The summed E-state index contributed by atoms with van der Waals surface area (Å²) in [7, 11) is -1.82. The van der Waals surface area contributed by atoms with Crippen LogP contribution < -0.4 is 4.74 Å². The summed E-state index contributed by atoms with van der Waals surface area (Å²) in [4.78, 5) is 4.12. The van der Waals surface area contributed by atoms with Crippen molar-refractivity contribution in [2.45, 2.75) is 31.4 Å². The number of methoxy groups -OCH3 is 1. The number of ether oxygens (including phenoxy) is 1. The predicted molar refractivity (Wildman–Crippen MR) is 79.7 cm³/mol. The minimum Gasteiger partial charge on any atom is -0.481 e. The molecule has 0 aliphatic heterocycles. The number of hydrogen-bond donors (Lipinski definition) is 0. The Labute approximate surface area is 124 Å². The van der Waals surface area contributed by atoms with Crippen LogP contribution in [0.2, 0.25) is 0 Å². The van der Waals surface area contributed by atoms with Crippen LogP contribution in [0.3, 0.4) is 0 Å². The number of hydrogen-bond acceptors (Lipinski definition) is 5. The zero-order valence-electron chi connectivity index (χ0n) is 12.4. The van der Waals surface area contributed by atoms with Gasteiger partial charge in [0.25, 0.3) is 0 Å². The Morgan fingerprint density at radius 2 is 1.90 bits per heavy atom. The summed E-state index contributed by atoms with van der Waals surface area (Å²) < 4.78 is 31.2. The van der Waals surface area contributed by atoms with Crippen molar-refractivity contribution < 1.29 is 13.2 Å². The fourth-order valence-corrected chi connectivity index (χ4v) is 3.21. The van der Waals surface area contributed by atoms with E-state index in [4.69, 9.17) is 4.74 Å². The Hall–Kier alpha value is -1.89. The van der Waals surface area contributed by atoms with Gasteiger partial charge >= 0.3 is 0 Å². The lowest BCUT2D eigenvalue weighted by Crippen LogP contribution is -2.10. The van der Waals surface area contributed by atoms with Crippen LogP contribution in [0.25, 0.3) is 0 Å². The Bertz CT molecular complexity index is 708. The minimum absolute atomic E-state index is 0.0917. The highest BCUT2D eigenvalue weighted by atomic mass is 32.2. The zero-order chi connectivity index (χ0) is 15.5. The first-order valence-electron chi connectivity index (χ1n) is 6.64. The normalized spacial score (nSPS) is 11.8. The van der Waals surface area contributed by atoms with Gasteiger partial charge in [-0.3, -0.25) is 4.68 Å². The van der Waals surface area contributed by atoms with Crippen LogP contribution >= 0.6 is 0 Å². The van der Waals surface area contributed by atoms with Crippen LogP contribution in [-0.2, 0) is 21.3 Å². The maximum absolute atomic E-state index is 12.2. The molecule has 7 heteroatoms. The molecular weight excluding hydrogens is 290 g/mol. The van der Waals surface area contributed by atoms with E-state index in [-0.39, 0.29) is 17.5 Å². The van der Waals surface area contributed by atoms with E-state index in [0.717, 1.165) is 0 Å². The van der Waals surface area contributed by atoms with E-state index < -0.39 is 9.84 Å². The van der Waals surface area contributed by atoms with E-state index in [1.54, 1.807) is 35.1 Å². The molecule has 0 bridgehead atoms. The number of nitrogens with zero attached hydrogens (tertiary/aromatic N) is 3. The van der Waals surface area contributed by atoms with Gasteiger partial charge in [0.15, 0.2) is 9.84 Å². The van der Waals surface area contributed by atoms with Crippen LogP contribution in [0.5, 0.6) is 5.88 Å². The third-order valence-corrected chi connectivity index (χ3v) is 4.39. The van der Waals surface area contributed by atoms with E-state index in [1.165, 1.54) is 7.11 Å². The van der Waals surface area contributed by atoms with Crippen molar-refractivity contribution in [3.05, 3.63) is 41.9 Å². The first kappa shape index (κ1) is 15.5. The van der Waals surface area contributed by atoms with Gasteiger partial charge in [-0.15, -0.1) is 0 Å². The van der Waals surface area contributed by atoms with Gasteiger partial charge in [0.1, 0.15) is 0 Å². The van der Waals surface area contributed by atoms with Crippen molar-refractivity contribution in [2.24, 2.45) is 0 Å². The number of pyridine rings is 1. The predicted octanol–water partition coefficient (Wildman–Crippen LogP) is 1.98. The maximum Gasteiger partial charge on any atom is 0.213 e. The lowest BCUT2D eigenvalue weighted by Gasteiger charge is -2.05. The molecule has 6 nitrogen and oxygen atoms in total. The molecule has 0 saturated carbocycles. The maximum atomic E-state index is 12.2. The van der Waals surface area contributed by atoms with Gasteiger partial charge in [-0.2, -0.15) is 5.10 Å². The van der Waals surface area contributed by atoms with Crippen molar-refractivity contribution in [1.29, 1.82) is 0 Å². The summed E-state index contributed by atoms with van der Waals surface area (Å²) in [6, 6.07) is 7.02. The molecule has 0 N–H and O–H groups in total. The molecule has 2 heterocycles. The summed E-state index contributed by atoms with van der Waals surface area (Å²) in [6.45, 7) is 3.98. The van der Waals surface area contributed by atoms with Gasteiger partial charge in [0.05, 0.1) is 30.0 Å². The van der Waals surface area contributed by atoms with Crippen LogP contribution in [0, 0.1) is 0 Å². The van der Waals surface area contributed by atoms with Gasteiger partial charge in [0.2, 0.25) is 5.88 Å². The number of sulfone groups is 1. The molecule has 2 aromatic heterocycles. The van der Waals surface area contributed by atoms with Gasteiger partial charge in [0, 0.05) is 18.3 Å². The van der Waals surface area contributed by atoms with Gasteiger partial charge in [-0.1, -0.05) is 6.07 Å². The average molecular weight is 309 g/mol. The molecule has 0 atom stereocenters. The smallest absolute Gasteiger partial charge is 0.213 e. The molecule has 0 fully saturated rings. The summed E-state index contributed by atoms with van der Waals surface area (Å²) in [5, 5.41) is 4.26. The SMILES string of the molecule is COc1cccc(CS(=O)(=O)Cc2ccn(C(C)C)n2)n1. The summed E-state index contributed by atoms with van der Waals surface area (Å²) in [5.74, 6) is 0.191. The molecule has 0 spiro atoms. The van der Waals surface area contributed by atoms with Crippen LogP contribution in [0.15, 0.2) is 30.5 Å². The molecule has 0 radical (unpaired) electrons. The Morgan fingerprint density at radius 1 is 1.19 bits per heavy atom. The zero-order valence-corrected chi connectivity index (χ0v) is 13.2. The van der Waals surface area contributed by atoms with Crippen molar-refractivity contribution in [1.82, 2.24) is 14.8 Å². The molecule has 2 aromatic rings. The molecule has 0 amide bonds. The highest BCUT2D eigenvalue weighted by Gasteiger charge is 2.16. The van der Waals surface area contributed by atoms with E-state index in [9.17, 15) is 8.42 Å². The molecule has 0 aliphatic carbocycles. The third-order valence-electron chi connectivity index (χ3n) is 2.92. The molecule has 0 aliphatic rings. The van der Waals surface area contributed by atoms with E-state index in [0.29, 0.717) is 17.3 Å². The highest BCUT2D eigenvalue weighted by Crippen LogP contribution is 2.14. The first-order valence-corrected chi connectivity index (χ1v) is 8.46. The topological polar surface area (TPSA) is 74.1 Å². The van der Waals surface area contributed by atoms with Crippen LogP contribution in [0.4, 0.5) is 0 Å². The van der Waals surface area contributed by atoms with E-state index in [2.05, 4.69) is 10.1 Å². The van der Waals surface area contributed by atoms with Gasteiger partial charge in [-0.25, -0.2) is 13.4 Å². The fourth-order valence-electron chi connectivity index (χ4n) is 1.90. The summed E-state index contributed by atoms with van der Waals surface area (Å²) >= 11 is 0. The van der Waals surface area contributed by atoms with Crippen molar-refractivity contribution in [3.8, 4) is 5.88 Å². The summed E-state index contributed by atoms with van der Waals surface area (Å²) in [5.41, 5.74) is 1.02. The van der Waals surface area contributed by atoms with Gasteiger partial charge in [-0.05, 0) is 26.0 Å². The van der Waals surface area contributed by atoms with Crippen molar-refractivity contribution in [2.75, 3.05) is 7.11 Å². The lowest BCUT2D eigenvalue weighted by molar-refractivity contribution is 0.396. The van der Waals surface area contributed by atoms with Gasteiger partial charge < -0.3 is 4.74 Å². The average Bonchev–Trinajstić information content (AvgIpc) is 2.86. The Morgan fingerprint density at radius 3 is 2.52 bits per heavy atom. The molecular formula is C14H19N3O3S. The third kappa shape index (κ3) is 4.29. The summed E-state index contributed by atoms with van der Waals surface area (Å²) in [6.07, 6.45) is 1.79. The molecule has 21 heavy (non-hydrogen) atoms. The standard InChI is InChI=1S/C14H19N3O3S/c1-11(2)17-8-7-13(16-17)10-21(18,19)9-12-5-4-6-14(15-12)20-3/h4-8,11H,9-10H2,1-3H3. The molecule has 0 aromatic carbocycles. The van der Waals surface area contributed by atoms with Crippen LogP contribution in [-0.4, -0.2) is 30.3 Å². The van der Waals surface area contributed by atoms with E-state index >= 15 is 0 Å². The minimum atomic E-state index is -3.32. The Kier molecular flexibility index (Phi) is 4.62. The van der Waals surface area contributed by atoms with E-state index in [1.807, 2.05) is 13.8 Å². The second-order valence-electron chi connectivity index (χ2n) is 5.08. The second kappa shape index (κ2) is 6.26. The van der Waals surface area contributed by atoms with Crippen molar-refractivity contribution >= 4 is 9.84 Å². The van der Waals surface area contributed by atoms with Crippen LogP contribution in [0.1, 0.15) is 31.3 Å². The van der Waals surface area contributed by atoms with Crippen molar-refractivity contribution in [3.63, 3.8) is 0 Å². The molecule has 0 unspecified atom stereocenters. The number of aromatic nitrogens is 3. The quantitative estimate of drug-likeness (QED) is 0.815.